The zero-order valence-electron chi connectivity index (χ0n) is 19.8. The number of para-hydroxylation sites is 1. The average Bonchev–Trinajstić information content (AvgIpc) is 2.84. The zero-order valence-corrected chi connectivity index (χ0v) is 20.6. The van der Waals surface area contributed by atoms with Crippen molar-refractivity contribution in [3.8, 4) is 5.75 Å². The largest absolute Gasteiger partial charge is 0.495 e. The van der Waals surface area contributed by atoms with Crippen molar-refractivity contribution in [2.75, 3.05) is 50.3 Å². The molecule has 2 N–H and O–H groups in total. The lowest BCUT2D eigenvalue weighted by Gasteiger charge is -2.20. The maximum atomic E-state index is 13.0. The molecule has 10 heteroatoms. The fraction of sp³-hybridized carbons (Fsp3) is 0.200. The van der Waals surface area contributed by atoms with Crippen LogP contribution in [0.1, 0.15) is 20.7 Å². The summed E-state index contributed by atoms with van der Waals surface area (Å²) in [5, 5.41) is 5.89. The van der Waals surface area contributed by atoms with Crippen molar-refractivity contribution in [2.45, 2.75) is 0 Å². The second kappa shape index (κ2) is 11.5. The van der Waals surface area contributed by atoms with E-state index in [2.05, 4.69) is 15.6 Å². The first-order valence-electron chi connectivity index (χ1n) is 10.6. The van der Waals surface area contributed by atoms with Crippen molar-refractivity contribution in [1.29, 1.82) is 0 Å². The molecule has 0 bridgehead atoms. The summed E-state index contributed by atoms with van der Waals surface area (Å²) in [6, 6.07) is 14.6. The lowest BCUT2D eigenvalue weighted by Crippen LogP contribution is -2.35. The maximum Gasteiger partial charge on any atom is 0.259 e. The average molecular weight is 496 g/mol. The quantitative estimate of drug-likeness (QED) is 0.493. The molecule has 2 aromatic carbocycles. The highest BCUT2D eigenvalue weighted by Crippen LogP contribution is 2.30. The molecule has 3 amide bonds. The fourth-order valence-electron chi connectivity index (χ4n) is 3.20. The van der Waals surface area contributed by atoms with E-state index in [4.69, 9.17) is 16.3 Å². The highest BCUT2D eigenvalue weighted by molar-refractivity contribution is 6.30. The first-order chi connectivity index (χ1) is 16.7. The van der Waals surface area contributed by atoms with E-state index in [1.54, 1.807) is 66.5 Å². The van der Waals surface area contributed by atoms with Gasteiger partial charge in [-0.3, -0.25) is 14.4 Å². The number of likely N-dealkylation sites (N-methyl/N-ethyl adjacent to an activating group) is 2. The molecule has 1 heterocycles. The number of amides is 3. The van der Waals surface area contributed by atoms with Crippen LogP contribution in [0.2, 0.25) is 5.02 Å². The van der Waals surface area contributed by atoms with Crippen molar-refractivity contribution >= 4 is 46.5 Å². The van der Waals surface area contributed by atoms with Crippen LogP contribution < -0.4 is 20.3 Å². The van der Waals surface area contributed by atoms with Gasteiger partial charge in [0, 0.05) is 24.5 Å². The number of aromatic nitrogens is 1. The lowest BCUT2D eigenvalue weighted by molar-refractivity contribution is -0.118. The summed E-state index contributed by atoms with van der Waals surface area (Å²) in [4.78, 5) is 45.6. The van der Waals surface area contributed by atoms with Crippen LogP contribution in [0.15, 0.2) is 60.8 Å². The van der Waals surface area contributed by atoms with Gasteiger partial charge in [-0.1, -0.05) is 17.7 Å². The highest BCUT2D eigenvalue weighted by atomic mass is 35.5. The number of nitrogens with one attached hydrogen (secondary N) is 2. The first-order valence-corrected chi connectivity index (χ1v) is 11.0. The van der Waals surface area contributed by atoms with Gasteiger partial charge in [0.05, 0.1) is 29.9 Å². The number of halogens is 1. The van der Waals surface area contributed by atoms with Crippen LogP contribution >= 0.6 is 11.6 Å². The number of pyridine rings is 1. The summed E-state index contributed by atoms with van der Waals surface area (Å²) in [5.74, 6) is -0.372. The van der Waals surface area contributed by atoms with Crippen molar-refractivity contribution < 1.29 is 19.1 Å². The summed E-state index contributed by atoms with van der Waals surface area (Å²) >= 11 is 5.85. The van der Waals surface area contributed by atoms with Crippen LogP contribution in [0.4, 0.5) is 17.2 Å². The van der Waals surface area contributed by atoms with E-state index in [0.717, 1.165) is 0 Å². The van der Waals surface area contributed by atoms with Crippen LogP contribution in [0.3, 0.4) is 0 Å². The van der Waals surface area contributed by atoms with E-state index in [9.17, 15) is 14.4 Å². The molecule has 1 aromatic heterocycles. The van der Waals surface area contributed by atoms with Crippen molar-refractivity contribution in [2.24, 2.45) is 0 Å². The van der Waals surface area contributed by atoms with Gasteiger partial charge in [-0.05, 0) is 62.6 Å². The summed E-state index contributed by atoms with van der Waals surface area (Å²) in [6.07, 6.45) is 1.42. The Morgan fingerprint density at radius 2 is 1.66 bits per heavy atom. The summed E-state index contributed by atoms with van der Waals surface area (Å²) in [7, 11) is 6.76. The van der Waals surface area contributed by atoms with E-state index in [1.807, 2.05) is 14.1 Å². The number of carbonyl (C=O) groups is 3. The standard InChI is InChI=1S/C25H26ClN5O4/c1-30(2)15-22(32)31(3)18-11-8-16(9-12-18)24(33)29-23-19(6-5-7-20(23)35-4)25(34)28-21-13-10-17(26)14-27-21/h5-14H,15H2,1-4H3,(H,29,33)(H,27,28,34). The van der Waals surface area contributed by atoms with Crippen molar-refractivity contribution in [3.05, 3.63) is 76.9 Å². The van der Waals surface area contributed by atoms with Gasteiger partial charge in [0.25, 0.3) is 11.8 Å². The second-order valence-electron chi connectivity index (χ2n) is 7.89. The molecule has 3 aromatic rings. The van der Waals surface area contributed by atoms with Crippen LogP contribution in [0.5, 0.6) is 5.75 Å². The molecule has 0 radical (unpaired) electrons. The summed E-state index contributed by atoms with van der Waals surface area (Å²) < 4.78 is 5.37. The number of benzene rings is 2. The molecule has 9 nitrogen and oxygen atoms in total. The maximum absolute atomic E-state index is 13.0. The molecule has 0 saturated heterocycles. The Morgan fingerprint density at radius 3 is 2.26 bits per heavy atom. The predicted molar refractivity (Wildman–Crippen MR) is 137 cm³/mol. The Bertz CT molecular complexity index is 1210. The number of nitrogens with zero attached hydrogens (tertiary/aromatic N) is 3. The molecule has 3 rings (SSSR count). The van der Waals surface area contributed by atoms with Gasteiger partial charge in [0.15, 0.2) is 0 Å². The van der Waals surface area contributed by atoms with E-state index in [1.165, 1.54) is 18.2 Å². The fourth-order valence-corrected chi connectivity index (χ4v) is 3.31. The minimum absolute atomic E-state index is 0.0768. The van der Waals surface area contributed by atoms with Crippen LogP contribution in [-0.2, 0) is 4.79 Å². The van der Waals surface area contributed by atoms with Crippen LogP contribution in [-0.4, -0.2) is 62.4 Å². The number of methoxy groups -OCH3 is 1. The molecule has 0 fully saturated rings. The second-order valence-corrected chi connectivity index (χ2v) is 8.33. The Kier molecular flexibility index (Phi) is 8.40. The minimum atomic E-state index is -0.481. The Hall–Kier alpha value is -3.95. The number of hydrogen-bond acceptors (Lipinski definition) is 6. The number of carbonyl (C=O) groups excluding carboxylic acids is 3. The van der Waals surface area contributed by atoms with E-state index >= 15 is 0 Å². The van der Waals surface area contributed by atoms with Gasteiger partial charge in [-0.15, -0.1) is 0 Å². The molecule has 0 aliphatic carbocycles. The molecular weight excluding hydrogens is 470 g/mol. The summed E-state index contributed by atoms with van der Waals surface area (Å²) in [6.45, 7) is 0.267. The Morgan fingerprint density at radius 1 is 0.943 bits per heavy atom. The third-order valence-electron chi connectivity index (χ3n) is 5.04. The van der Waals surface area contributed by atoms with E-state index < -0.39 is 11.8 Å². The number of ether oxygens (including phenoxy) is 1. The molecule has 0 atom stereocenters. The predicted octanol–water partition coefficient (Wildman–Crippen LogP) is 3.77. The Labute approximate surface area is 208 Å². The van der Waals surface area contributed by atoms with Crippen LogP contribution in [0, 0.1) is 0 Å². The molecule has 0 saturated carbocycles. The lowest BCUT2D eigenvalue weighted by atomic mass is 10.1. The number of rotatable bonds is 8. The highest BCUT2D eigenvalue weighted by Gasteiger charge is 2.20. The molecule has 0 aliphatic rings. The van der Waals surface area contributed by atoms with Gasteiger partial charge >= 0.3 is 0 Å². The summed E-state index contributed by atoms with van der Waals surface area (Å²) in [5.41, 5.74) is 1.41. The molecular formula is C25H26ClN5O4. The van der Waals surface area contributed by atoms with Gasteiger partial charge in [0.1, 0.15) is 11.6 Å². The monoisotopic (exact) mass is 495 g/mol. The van der Waals surface area contributed by atoms with E-state index in [0.29, 0.717) is 27.8 Å². The molecule has 35 heavy (non-hydrogen) atoms. The molecule has 0 spiro atoms. The molecule has 0 unspecified atom stereocenters. The van der Waals surface area contributed by atoms with Crippen molar-refractivity contribution in [1.82, 2.24) is 9.88 Å². The first kappa shape index (κ1) is 25.7. The van der Waals surface area contributed by atoms with Gasteiger partial charge in [-0.25, -0.2) is 4.98 Å². The third-order valence-corrected chi connectivity index (χ3v) is 5.26. The number of anilines is 3. The van der Waals surface area contributed by atoms with Crippen LogP contribution in [0.25, 0.3) is 0 Å². The van der Waals surface area contributed by atoms with Gasteiger partial charge in [0.2, 0.25) is 5.91 Å². The van der Waals surface area contributed by atoms with Gasteiger partial charge < -0.3 is 25.2 Å². The smallest absolute Gasteiger partial charge is 0.259 e. The SMILES string of the molecule is COc1cccc(C(=O)Nc2ccc(Cl)cn2)c1NC(=O)c1ccc(N(C)C(=O)CN(C)C)cc1. The zero-order chi connectivity index (χ0) is 25.5. The Balaban J connectivity index is 1.80. The minimum Gasteiger partial charge on any atom is -0.495 e. The number of hydrogen-bond donors (Lipinski definition) is 2. The van der Waals surface area contributed by atoms with Gasteiger partial charge in [-0.2, -0.15) is 0 Å². The molecule has 182 valence electrons. The normalized spacial score (nSPS) is 10.6. The third kappa shape index (κ3) is 6.56. The van der Waals surface area contributed by atoms with Crippen molar-refractivity contribution in [3.63, 3.8) is 0 Å². The molecule has 0 aliphatic heterocycles. The van der Waals surface area contributed by atoms with E-state index in [-0.39, 0.29) is 23.7 Å². The topological polar surface area (TPSA) is 104 Å².